The Labute approximate surface area is 107 Å². The van der Waals surface area contributed by atoms with Crippen LogP contribution >= 0.6 is 12.2 Å². The van der Waals surface area contributed by atoms with E-state index in [4.69, 9.17) is 17.0 Å². The number of nitrogens with zero attached hydrogens (tertiary/aromatic N) is 2. The van der Waals surface area contributed by atoms with Gasteiger partial charge in [0.15, 0.2) is 10.6 Å². The Hall–Kier alpha value is -1.42. The molecule has 90 valence electrons. The van der Waals surface area contributed by atoms with E-state index in [1.54, 1.807) is 0 Å². The van der Waals surface area contributed by atoms with Gasteiger partial charge in [0.05, 0.1) is 0 Å². The third-order valence-electron chi connectivity index (χ3n) is 2.70. The fraction of sp³-hybridized carbons (Fsp3) is 0.385. The van der Waals surface area contributed by atoms with Gasteiger partial charge in [0.2, 0.25) is 5.90 Å². The van der Waals surface area contributed by atoms with Crippen molar-refractivity contribution in [3.05, 3.63) is 29.8 Å². The van der Waals surface area contributed by atoms with Crippen LogP contribution in [0.4, 0.5) is 5.69 Å². The van der Waals surface area contributed by atoms with Crippen LogP contribution in [-0.2, 0) is 4.74 Å². The molecule has 0 N–H and O–H groups in total. The van der Waals surface area contributed by atoms with Crippen LogP contribution < -0.4 is 4.90 Å². The van der Waals surface area contributed by atoms with Crippen LogP contribution in [0.25, 0.3) is 0 Å². The van der Waals surface area contributed by atoms with Gasteiger partial charge in [0, 0.05) is 25.3 Å². The first-order valence-electron chi connectivity index (χ1n) is 5.50. The molecule has 1 aromatic rings. The average Bonchev–Trinajstić information content (AvgIpc) is 2.54. The highest BCUT2D eigenvalue weighted by molar-refractivity contribution is 7.80. The average molecular weight is 248 g/mol. The number of thiocarbonyl (C=S) groups is 1. The van der Waals surface area contributed by atoms with Crippen LogP contribution in [0.3, 0.4) is 0 Å². The summed E-state index contributed by atoms with van der Waals surface area (Å²) in [7, 11) is 4.02. The van der Waals surface area contributed by atoms with Gasteiger partial charge in [-0.3, -0.25) is 0 Å². The zero-order chi connectivity index (χ0) is 12.6. The SMILES string of the molecule is CN(C)c1ccc(C2=NC(=S)C(C)(C)O2)cc1. The third kappa shape index (κ3) is 2.31. The van der Waals surface area contributed by atoms with Crippen LogP contribution in [0.2, 0.25) is 0 Å². The van der Waals surface area contributed by atoms with Crippen molar-refractivity contribution in [3.63, 3.8) is 0 Å². The maximum atomic E-state index is 5.74. The minimum Gasteiger partial charge on any atom is -0.464 e. The summed E-state index contributed by atoms with van der Waals surface area (Å²) in [6, 6.07) is 8.07. The van der Waals surface area contributed by atoms with E-state index in [-0.39, 0.29) is 0 Å². The summed E-state index contributed by atoms with van der Waals surface area (Å²) in [6.07, 6.45) is 0. The Morgan fingerprint density at radius 1 is 1.18 bits per heavy atom. The number of rotatable bonds is 2. The molecule has 1 heterocycles. The van der Waals surface area contributed by atoms with Crippen LogP contribution in [0.1, 0.15) is 19.4 Å². The fourth-order valence-electron chi connectivity index (χ4n) is 1.56. The van der Waals surface area contributed by atoms with Crippen molar-refractivity contribution in [2.24, 2.45) is 4.99 Å². The van der Waals surface area contributed by atoms with Crippen LogP contribution in [-0.4, -0.2) is 30.6 Å². The van der Waals surface area contributed by atoms with Gasteiger partial charge in [-0.1, -0.05) is 12.2 Å². The smallest absolute Gasteiger partial charge is 0.222 e. The Balaban J connectivity index is 2.26. The van der Waals surface area contributed by atoms with Gasteiger partial charge in [-0.15, -0.1) is 0 Å². The Morgan fingerprint density at radius 2 is 1.76 bits per heavy atom. The van der Waals surface area contributed by atoms with Gasteiger partial charge in [0.1, 0.15) is 0 Å². The summed E-state index contributed by atoms with van der Waals surface area (Å²) >= 11 is 5.18. The van der Waals surface area contributed by atoms with Crippen molar-refractivity contribution in [2.75, 3.05) is 19.0 Å². The van der Waals surface area contributed by atoms with Gasteiger partial charge in [-0.25, -0.2) is 4.99 Å². The zero-order valence-electron chi connectivity index (χ0n) is 10.5. The Morgan fingerprint density at radius 3 is 2.18 bits per heavy atom. The number of hydrogen-bond acceptors (Lipinski definition) is 3. The fourth-order valence-corrected chi connectivity index (χ4v) is 1.69. The quantitative estimate of drug-likeness (QED) is 0.752. The van der Waals surface area contributed by atoms with E-state index in [9.17, 15) is 0 Å². The molecule has 0 aromatic heterocycles. The van der Waals surface area contributed by atoms with Crippen molar-refractivity contribution in [3.8, 4) is 0 Å². The molecule has 2 rings (SSSR count). The summed E-state index contributed by atoms with van der Waals surface area (Å²) in [4.78, 5) is 6.95. The summed E-state index contributed by atoms with van der Waals surface area (Å²) in [5.74, 6) is 0.616. The molecule has 0 saturated carbocycles. The molecule has 0 aliphatic carbocycles. The molecule has 0 radical (unpaired) electrons. The lowest BCUT2D eigenvalue weighted by Crippen LogP contribution is -2.28. The normalized spacial score (nSPS) is 17.6. The Bertz CT molecular complexity index is 475. The van der Waals surface area contributed by atoms with Crippen molar-refractivity contribution in [1.29, 1.82) is 0 Å². The van der Waals surface area contributed by atoms with E-state index in [1.807, 2.05) is 52.2 Å². The van der Waals surface area contributed by atoms with E-state index in [0.29, 0.717) is 10.9 Å². The van der Waals surface area contributed by atoms with Crippen LogP contribution in [0, 0.1) is 0 Å². The maximum Gasteiger partial charge on any atom is 0.222 e. The maximum absolute atomic E-state index is 5.74. The molecular formula is C13H16N2OS. The first kappa shape index (κ1) is 12.0. The molecule has 1 aliphatic rings. The van der Waals surface area contributed by atoms with E-state index >= 15 is 0 Å². The van der Waals surface area contributed by atoms with Crippen LogP contribution in [0.15, 0.2) is 29.3 Å². The molecule has 0 fully saturated rings. The lowest BCUT2D eigenvalue weighted by atomic mass is 10.1. The number of ether oxygens (including phenoxy) is 1. The van der Waals surface area contributed by atoms with Crippen molar-refractivity contribution in [1.82, 2.24) is 0 Å². The molecular weight excluding hydrogens is 232 g/mol. The zero-order valence-corrected chi connectivity index (χ0v) is 11.3. The van der Waals surface area contributed by atoms with Crippen molar-refractivity contribution < 1.29 is 4.74 Å². The van der Waals surface area contributed by atoms with E-state index < -0.39 is 5.60 Å². The molecule has 17 heavy (non-hydrogen) atoms. The summed E-state index contributed by atoms with van der Waals surface area (Å²) in [5, 5.41) is 0. The van der Waals surface area contributed by atoms with Gasteiger partial charge in [0.25, 0.3) is 0 Å². The summed E-state index contributed by atoms with van der Waals surface area (Å²) in [6.45, 7) is 3.86. The number of anilines is 1. The van der Waals surface area contributed by atoms with E-state index in [2.05, 4.69) is 9.89 Å². The molecule has 1 aromatic carbocycles. The third-order valence-corrected chi connectivity index (χ3v) is 3.28. The highest BCUT2D eigenvalue weighted by Crippen LogP contribution is 2.24. The van der Waals surface area contributed by atoms with Crippen molar-refractivity contribution in [2.45, 2.75) is 19.4 Å². The number of aliphatic imine (C=N–C) groups is 1. The predicted octanol–water partition coefficient (Wildman–Crippen LogP) is 2.64. The largest absolute Gasteiger partial charge is 0.464 e. The molecule has 0 saturated heterocycles. The molecule has 3 nitrogen and oxygen atoms in total. The summed E-state index contributed by atoms with van der Waals surface area (Å²) < 4.78 is 5.74. The Kier molecular flexibility index (Phi) is 2.91. The highest BCUT2D eigenvalue weighted by Gasteiger charge is 2.34. The number of hydrogen-bond donors (Lipinski definition) is 0. The standard InChI is InChI=1S/C13H16N2OS/c1-13(2)12(17)14-11(16-13)9-5-7-10(8-6-9)15(3)4/h5-8H,1-4H3. The molecule has 4 heteroatoms. The summed E-state index contributed by atoms with van der Waals surface area (Å²) in [5.41, 5.74) is 1.64. The molecule has 0 amide bonds. The topological polar surface area (TPSA) is 24.8 Å². The second kappa shape index (κ2) is 4.11. The first-order valence-corrected chi connectivity index (χ1v) is 5.91. The van der Waals surface area contributed by atoms with Gasteiger partial charge < -0.3 is 9.64 Å². The lowest BCUT2D eigenvalue weighted by molar-refractivity contribution is 0.185. The molecule has 0 spiro atoms. The predicted molar refractivity (Wildman–Crippen MR) is 75.1 cm³/mol. The van der Waals surface area contributed by atoms with Crippen LogP contribution in [0.5, 0.6) is 0 Å². The first-order chi connectivity index (χ1) is 7.90. The molecule has 0 unspecified atom stereocenters. The van der Waals surface area contributed by atoms with Crippen molar-refractivity contribution >= 4 is 28.8 Å². The van der Waals surface area contributed by atoms with Gasteiger partial charge in [-0.2, -0.15) is 0 Å². The highest BCUT2D eigenvalue weighted by atomic mass is 32.1. The molecule has 0 bridgehead atoms. The van der Waals surface area contributed by atoms with E-state index in [1.165, 1.54) is 0 Å². The molecule has 0 atom stereocenters. The number of benzene rings is 1. The second-order valence-corrected chi connectivity index (χ2v) is 5.16. The minimum absolute atomic E-state index is 0.467. The van der Waals surface area contributed by atoms with Gasteiger partial charge in [-0.05, 0) is 38.1 Å². The second-order valence-electron chi connectivity index (χ2n) is 4.78. The lowest BCUT2D eigenvalue weighted by Gasteiger charge is -2.17. The van der Waals surface area contributed by atoms with Gasteiger partial charge >= 0.3 is 0 Å². The minimum atomic E-state index is -0.467. The molecule has 1 aliphatic heterocycles. The monoisotopic (exact) mass is 248 g/mol. The van der Waals surface area contributed by atoms with E-state index in [0.717, 1.165) is 11.3 Å².